The van der Waals surface area contributed by atoms with E-state index in [1.807, 2.05) is 17.0 Å². The Bertz CT molecular complexity index is 484. The second kappa shape index (κ2) is 5.47. The quantitative estimate of drug-likeness (QED) is 0.843. The average molecular weight is 247 g/mol. The average Bonchev–Trinajstić information content (AvgIpc) is 2.38. The Hall–Kier alpha value is -2.13. The number of aromatic nitrogens is 1. The van der Waals surface area contributed by atoms with Crippen LogP contribution in [0.1, 0.15) is 12.1 Å². The standard InChI is InChI=1S/C12H13N3O3/c13-7-9-2-1-3-11(14-9)15-4-5-18-10(8-15)6-12(16)17/h1-3,10H,4-6,8H2,(H,16,17). The van der Waals surface area contributed by atoms with Gasteiger partial charge in [-0.05, 0) is 12.1 Å². The normalized spacial score (nSPS) is 19.3. The van der Waals surface area contributed by atoms with Crippen molar-refractivity contribution in [1.29, 1.82) is 5.26 Å². The first kappa shape index (κ1) is 12.3. The third-order valence-corrected chi connectivity index (χ3v) is 2.71. The van der Waals surface area contributed by atoms with Gasteiger partial charge in [-0.2, -0.15) is 5.26 Å². The maximum Gasteiger partial charge on any atom is 0.306 e. The Morgan fingerprint density at radius 1 is 1.67 bits per heavy atom. The number of hydrogen-bond acceptors (Lipinski definition) is 5. The fourth-order valence-electron chi connectivity index (χ4n) is 1.91. The van der Waals surface area contributed by atoms with Crippen molar-refractivity contribution in [3.63, 3.8) is 0 Å². The molecule has 1 aromatic heterocycles. The number of hydrogen-bond donors (Lipinski definition) is 1. The van der Waals surface area contributed by atoms with E-state index in [0.717, 1.165) is 0 Å². The van der Waals surface area contributed by atoms with Crippen LogP contribution >= 0.6 is 0 Å². The van der Waals surface area contributed by atoms with Crippen LogP contribution in [0.4, 0.5) is 5.82 Å². The van der Waals surface area contributed by atoms with Gasteiger partial charge in [-0.3, -0.25) is 4.79 Å². The van der Waals surface area contributed by atoms with Gasteiger partial charge >= 0.3 is 5.97 Å². The fraction of sp³-hybridized carbons (Fsp3) is 0.417. The minimum atomic E-state index is -0.874. The van der Waals surface area contributed by atoms with Crippen molar-refractivity contribution in [3.05, 3.63) is 23.9 Å². The summed E-state index contributed by atoms with van der Waals surface area (Å²) in [5.74, 6) is -0.187. The number of aliphatic carboxylic acids is 1. The van der Waals surface area contributed by atoms with E-state index in [-0.39, 0.29) is 12.5 Å². The number of nitrogens with zero attached hydrogens (tertiary/aromatic N) is 3. The van der Waals surface area contributed by atoms with Gasteiger partial charge in [0.15, 0.2) is 0 Å². The lowest BCUT2D eigenvalue weighted by molar-refractivity contribution is -0.140. The van der Waals surface area contributed by atoms with Crippen LogP contribution in [0.25, 0.3) is 0 Å². The Kier molecular flexibility index (Phi) is 3.75. The zero-order chi connectivity index (χ0) is 13.0. The summed E-state index contributed by atoms with van der Waals surface area (Å²) in [4.78, 5) is 16.8. The fourth-order valence-corrected chi connectivity index (χ4v) is 1.91. The van der Waals surface area contributed by atoms with Crippen molar-refractivity contribution in [1.82, 2.24) is 4.98 Å². The molecule has 1 aliphatic heterocycles. The molecule has 1 saturated heterocycles. The van der Waals surface area contributed by atoms with Crippen LogP contribution in [0, 0.1) is 11.3 Å². The molecule has 0 aromatic carbocycles. The molecule has 2 rings (SSSR count). The van der Waals surface area contributed by atoms with E-state index in [1.165, 1.54) is 0 Å². The van der Waals surface area contributed by atoms with Crippen LogP contribution in [0.2, 0.25) is 0 Å². The van der Waals surface area contributed by atoms with E-state index < -0.39 is 5.97 Å². The summed E-state index contributed by atoms with van der Waals surface area (Å²) in [6, 6.07) is 7.20. The van der Waals surface area contributed by atoms with E-state index >= 15 is 0 Å². The molecule has 0 amide bonds. The lowest BCUT2D eigenvalue weighted by atomic mass is 10.2. The maximum absolute atomic E-state index is 10.7. The van der Waals surface area contributed by atoms with Crippen LogP contribution in [0.5, 0.6) is 0 Å². The van der Waals surface area contributed by atoms with Gasteiger partial charge in [-0.15, -0.1) is 0 Å². The van der Waals surface area contributed by atoms with E-state index in [1.54, 1.807) is 12.1 Å². The van der Waals surface area contributed by atoms with E-state index in [9.17, 15) is 4.79 Å². The lowest BCUT2D eigenvalue weighted by Gasteiger charge is -2.33. The molecule has 0 saturated carbocycles. The summed E-state index contributed by atoms with van der Waals surface area (Å²) in [7, 11) is 0. The molecule has 1 atom stereocenters. The number of rotatable bonds is 3. The Morgan fingerprint density at radius 2 is 2.50 bits per heavy atom. The van der Waals surface area contributed by atoms with Crippen molar-refractivity contribution < 1.29 is 14.6 Å². The maximum atomic E-state index is 10.7. The van der Waals surface area contributed by atoms with Gasteiger partial charge in [0, 0.05) is 13.1 Å². The second-order valence-corrected chi connectivity index (χ2v) is 4.03. The number of morpholine rings is 1. The van der Waals surface area contributed by atoms with Crippen molar-refractivity contribution in [2.75, 3.05) is 24.6 Å². The van der Waals surface area contributed by atoms with Gasteiger partial charge in [-0.1, -0.05) is 6.07 Å². The molecule has 0 radical (unpaired) electrons. The first-order valence-electron chi connectivity index (χ1n) is 5.64. The SMILES string of the molecule is N#Cc1cccc(N2CCOC(CC(=O)O)C2)n1. The third-order valence-electron chi connectivity index (χ3n) is 2.71. The molecular formula is C12H13N3O3. The van der Waals surface area contributed by atoms with Crippen molar-refractivity contribution >= 4 is 11.8 Å². The highest BCUT2D eigenvalue weighted by atomic mass is 16.5. The highest BCUT2D eigenvalue weighted by Gasteiger charge is 2.23. The molecule has 1 aromatic rings. The number of carboxylic acids is 1. The molecule has 0 bridgehead atoms. The van der Waals surface area contributed by atoms with Gasteiger partial charge in [0.05, 0.1) is 19.1 Å². The van der Waals surface area contributed by atoms with E-state index in [4.69, 9.17) is 15.1 Å². The van der Waals surface area contributed by atoms with Gasteiger partial charge in [0.2, 0.25) is 0 Å². The molecule has 94 valence electrons. The van der Waals surface area contributed by atoms with Crippen LogP contribution < -0.4 is 4.90 Å². The van der Waals surface area contributed by atoms with E-state index in [2.05, 4.69) is 4.98 Å². The largest absolute Gasteiger partial charge is 0.481 e. The number of ether oxygens (including phenoxy) is 1. The minimum absolute atomic E-state index is 0.0194. The molecule has 0 aliphatic carbocycles. The van der Waals surface area contributed by atoms with Crippen molar-refractivity contribution in [2.45, 2.75) is 12.5 Å². The molecule has 2 heterocycles. The predicted molar refractivity (Wildman–Crippen MR) is 63.2 cm³/mol. The minimum Gasteiger partial charge on any atom is -0.481 e. The number of pyridine rings is 1. The van der Waals surface area contributed by atoms with Gasteiger partial charge in [-0.25, -0.2) is 4.98 Å². The molecule has 0 spiro atoms. The lowest BCUT2D eigenvalue weighted by Crippen LogP contribution is -2.43. The number of anilines is 1. The van der Waals surface area contributed by atoms with Crippen molar-refractivity contribution in [3.8, 4) is 6.07 Å². The summed E-state index contributed by atoms with van der Waals surface area (Å²) < 4.78 is 5.38. The molecule has 1 aliphatic rings. The summed E-state index contributed by atoms with van der Waals surface area (Å²) in [6.07, 6.45) is -0.349. The van der Waals surface area contributed by atoms with Crippen LogP contribution in [-0.4, -0.2) is 41.9 Å². The number of nitriles is 1. The highest BCUT2D eigenvalue weighted by molar-refractivity contribution is 5.67. The molecule has 1 unspecified atom stereocenters. The van der Waals surface area contributed by atoms with Crippen LogP contribution in [0.3, 0.4) is 0 Å². The molecule has 1 N–H and O–H groups in total. The van der Waals surface area contributed by atoms with Crippen LogP contribution in [0.15, 0.2) is 18.2 Å². The summed E-state index contributed by atoms with van der Waals surface area (Å²) in [5.41, 5.74) is 0.355. The van der Waals surface area contributed by atoms with Gasteiger partial charge < -0.3 is 14.7 Å². The van der Waals surface area contributed by atoms with E-state index in [0.29, 0.717) is 31.2 Å². The Morgan fingerprint density at radius 3 is 3.22 bits per heavy atom. The molecular weight excluding hydrogens is 234 g/mol. The Labute approximate surface area is 104 Å². The number of carbonyl (C=O) groups is 1. The monoisotopic (exact) mass is 247 g/mol. The Balaban J connectivity index is 2.08. The summed E-state index contributed by atoms with van der Waals surface area (Å²) in [5, 5.41) is 17.5. The third kappa shape index (κ3) is 2.96. The number of carboxylic acid groups (broad SMARTS) is 1. The molecule has 6 nitrogen and oxygen atoms in total. The molecule has 6 heteroatoms. The molecule has 18 heavy (non-hydrogen) atoms. The first-order valence-corrected chi connectivity index (χ1v) is 5.64. The second-order valence-electron chi connectivity index (χ2n) is 4.03. The highest BCUT2D eigenvalue weighted by Crippen LogP contribution is 2.16. The van der Waals surface area contributed by atoms with Crippen molar-refractivity contribution in [2.24, 2.45) is 0 Å². The smallest absolute Gasteiger partial charge is 0.306 e. The summed E-state index contributed by atoms with van der Waals surface area (Å²) in [6.45, 7) is 1.60. The zero-order valence-corrected chi connectivity index (χ0v) is 9.74. The molecule has 1 fully saturated rings. The summed E-state index contributed by atoms with van der Waals surface area (Å²) >= 11 is 0. The zero-order valence-electron chi connectivity index (χ0n) is 9.74. The van der Waals surface area contributed by atoms with Crippen LogP contribution in [-0.2, 0) is 9.53 Å². The van der Waals surface area contributed by atoms with Gasteiger partial charge in [0.1, 0.15) is 17.6 Å². The topological polar surface area (TPSA) is 86.5 Å². The predicted octanol–water partition coefficient (Wildman–Crippen LogP) is 0.633. The first-order chi connectivity index (χ1) is 8.69. The van der Waals surface area contributed by atoms with Gasteiger partial charge in [0.25, 0.3) is 0 Å².